The number of aryl methyl sites for hydroxylation is 2. The maximum Gasteiger partial charge on any atom is 0.441 e. The second-order valence-electron chi connectivity index (χ2n) is 4.41. The quantitative estimate of drug-likeness (QED) is 0.659. The smallest absolute Gasteiger partial charge is 0.268 e. The van der Waals surface area contributed by atoms with Crippen LogP contribution in [0.15, 0.2) is 0 Å². The average Bonchev–Trinajstić information content (AvgIpc) is 2.74. The fraction of sp³-hybridized carbons (Fsp3) is 0.769. The fourth-order valence-electron chi connectivity index (χ4n) is 2.20. The molecular weight excluding hydrogens is 309 g/mol. The first-order chi connectivity index (χ1) is 9.34. The molecule has 7 heteroatoms. The summed E-state index contributed by atoms with van der Waals surface area (Å²) in [5, 5.41) is 4.32. The molecule has 1 unspecified atom stereocenters. The molecule has 0 saturated carbocycles. The monoisotopic (exact) mass is 328 g/mol. The maximum absolute atomic E-state index is 12.2. The van der Waals surface area contributed by atoms with E-state index in [9.17, 15) is 13.2 Å². The summed E-state index contributed by atoms with van der Waals surface area (Å²) in [4.78, 5) is 0. The van der Waals surface area contributed by atoms with Crippen LogP contribution in [0.1, 0.15) is 49.5 Å². The minimum atomic E-state index is -4.19. The van der Waals surface area contributed by atoms with Crippen molar-refractivity contribution in [3.63, 3.8) is 0 Å². The number of hydrogen-bond acceptors (Lipinski definition) is 2. The van der Waals surface area contributed by atoms with Gasteiger partial charge in [0.05, 0.1) is 17.6 Å². The third-order valence-corrected chi connectivity index (χ3v) is 4.33. The average molecular weight is 329 g/mol. The second-order valence-corrected chi connectivity index (χ2v) is 6.09. The molecule has 0 aliphatic carbocycles. The Balaban J connectivity index is 2.93. The van der Waals surface area contributed by atoms with E-state index in [0.29, 0.717) is 0 Å². The highest BCUT2D eigenvalue weighted by molar-refractivity contribution is 8.00. The molecule has 0 aliphatic heterocycles. The summed E-state index contributed by atoms with van der Waals surface area (Å²) < 4.78 is 38.3. The van der Waals surface area contributed by atoms with Crippen LogP contribution in [0, 0.1) is 0 Å². The lowest BCUT2D eigenvalue weighted by atomic mass is 10.0. The highest BCUT2D eigenvalue weighted by Gasteiger charge is 2.28. The third-order valence-electron chi connectivity index (χ3n) is 3.09. The molecule has 1 aromatic rings. The molecule has 1 heterocycles. The molecule has 0 saturated heterocycles. The van der Waals surface area contributed by atoms with Crippen LogP contribution in [0.5, 0.6) is 0 Å². The SMILES string of the molecule is CCc1nn(CCSC(F)(F)F)c(CC)c1C(Cl)CC. The third kappa shape index (κ3) is 4.58. The molecule has 0 radical (unpaired) electrons. The second kappa shape index (κ2) is 7.59. The summed E-state index contributed by atoms with van der Waals surface area (Å²) in [5.74, 6) is -0.0279. The molecule has 0 N–H and O–H groups in total. The summed E-state index contributed by atoms with van der Waals surface area (Å²) >= 11 is 6.33. The van der Waals surface area contributed by atoms with Gasteiger partial charge in [-0.3, -0.25) is 4.68 Å². The van der Waals surface area contributed by atoms with E-state index in [0.717, 1.165) is 36.2 Å². The van der Waals surface area contributed by atoms with Crippen molar-refractivity contribution in [2.24, 2.45) is 0 Å². The molecule has 0 aromatic carbocycles. The van der Waals surface area contributed by atoms with E-state index in [1.807, 2.05) is 20.8 Å². The van der Waals surface area contributed by atoms with E-state index in [4.69, 9.17) is 11.6 Å². The molecule has 1 rings (SSSR count). The van der Waals surface area contributed by atoms with E-state index in [1.165, 1.54) is 0 Å². The van der Waals surface area contributed by atoms with Gasteiger partial charge in [0.2, 0.25) is 0 Å². The van der Waals surface area contributed by atoms with Gasteiger partial charge >= 0.3 is 5.51 Å². The minimum Gasteiger partial charge on any atom is -0.268 e. The van der Waals surface area contributed by atoms with Crippen molar-refractivity contribution in [2.45, 2.75) is 57.5 Å². The van der Waals surface area contributed by atoms with Crippen LogP contribution in [0.4, 0.5) is 13.2 Å². The number of halogens is 4. The Morgan fingerprint density at radius 3 is 2.35 bits per heavy atom. The molecule has 1 aromatic heterocycles. The van der Waals surface area contributed by atoms with E-state index in [2.05, 4.69) is 5.10 Å². The van der Waals surface area contributed by atoms with Crippen molar-refractivity contribution in [3.05, 3.63) is 17.0 Å². The van der Waals surface area contributed by atoms with Crippen LogP contribution >= 0.6 is 23.4 Å². The minimum absolute atomic E-state index is 0.00935. The van der Waals surface area contributed by atoms with Gasteiger partial charge in [-0.05, 0) is 31.0 Å². The molecular formula is C13H20ClF3N2S. The van der Waals surface area contributed by atoms with E-state index in [-0.39, 0.29) is 29.4 Å². The molecule has 1 atom stereocenters. The summed E-state index contributed by atoms with van der Waals surface area (Å²) in [6, 6.07) is 0. The van der Waals surface area contributed by atoms with Crippen molar-refractivity contribution >= 4 is 23.4 Å². The Morgan fingerprint density at radius 2 is 1.90 bits per heavy atom. The van der Waals surface area contributed by atoms with Gasteiger partial charge in [-0.25, -0.2) is 0 Å². The molecule has 0 fully saturated rings. The van der Waals surface area contributed by atoms with Crippen LogP contribution in [0.3, 0.4) is 0 Å². The lowest BCUT2D eigenvalue weighted by molar-refractivity contribution is -0.0328. The Bertz CT molecular complexity index is 432. The number of alkyl halides is 4. The zero-order valence-corrected chi connectivity index (χ0v) is 13.5. The highest BCUT2D eigenvalue weighted by atomic mass is 35.5. The highest BCUT2D eigenvalue weighted by Crippen LogP contribution is 2.33. The number of hydrogen-bond donors (Lipinski definition) is 0. The Morgan fingerprint density at radius 1 is 1.25 bits per heavy atom. The van der Waals surface area contributed by atoms with E-state index >= 15 is 0 Å². The molecule has 2 nitrogen and oxygen atoms in total. The molecule has 0 amide bonds. The van der Waals surface area contributed by atoms with Gasteiger partial charge in [-0.15, -0.1) is 11.6 Å². The van der Waals surface area contributed by atoms with E-state index in [1.54, 1.807) is 4.68 Å². The zero-order chi connectivity index (χ0) is 15.3. The fourth-order valence-corrected chi connectivity index (χ4v) is 2.95. The lowest BCUT2D eigenvalue weighted by Crippen LogP contribution is -2.11. The van der Waals surface area contributed by atoms with E-state index < -0.39 is 5.51 Å². The van der Waals surface area contributed by atoms with Crippen LogP contribution in [0.2, 0.25) is 0 Å². The topological polar surface area (TPSA) is 17.8 Å². The normalized spacial score (nSPS) is 13.8. The van der Waals surface area contributed by atoms with Crippen molar-refractivity contribution < 1.29 is 13.2 Å². The molecule has 20 heavy (non-hydrogen) atoms. The summed E-state index contributed by atoms with van der Waals surface area (Å²) in [6.45, 7) is 6.22. The maximum atomic E-state index is 12.2. The van der Waals surface area contributed by atoms with Gasteiger partial charge in [0.15, 0.2) is 0 Å². The number of aromatic nitrogens is 2. The van der Waals surface area contributed by atoms with Crippen LogP contribution < -0.4 is 0 Å². The summed E-state index contributed by atoms with van der Waals surface area (Å²) in [7, 11) is 0. The molecule has 0 spiro atoms. The van der Waals surface area contributed by atoms with Crippen LogP contribution in [-0.4, -0.2) is 21.0 Å². The zero-order valence-electron chi connectivity index (χ0n) is 11.9. The number of rotatable bonds is 7. The Kier molecular flexibility index (Phi) is 6.72. The van der Waals surface area contributed by atoms with Crippen molar-refractivity contribution in [1.82, 2.24) is 9.78 Å². The largest absolute Gasteiger partial charge is 0.441 e. The Labute approximate surface area is 127 Å². The van der Waals surface area contributed by atoms with Crippen molar-refractivity contribution in [2.75, 3.05) is 5.75 Å². The number of thioether (sulfide) groups is 1. The molecule has 116 valence electrons. The first-order valence-electron chi connectivity index (χ1n) is 6.77. The van der Waals surface area contributed by atoms with Crippen molar-refractivity contribution in [1.29, 1.82) is 0 Å². The van der Waals surface area contributed by atoms with Crippen LogP contribution in [-0.2, 0) is 19.4 Å². The van der Waals surface area contributed by atoms with Crippen molar-refractivity contribution in [3.8, 4) is 0 Å². The first-order valence-corrected chi connectivity index (χ1v) is 8.19. The summed E-state index contributed by atoms with van der Waals surface area (Å²) in [6.07, 6.45) is 2.25. The predicted octanol–water partition coefficient (Wildman–Crippen LogP) is 4.95. The van der Waals surface area contributed by atoms with Gasteiger partial charge < -0.3 is 0 Å². The molecule has 0 aliphatic rings. The van der Waals surface area contributed by atoms with Gasteiger partial charge in [0.25, 0.3) is 0 Å². The lowest BCUT2D eigenvalue weighted by Gasteiger charge is -2.11. The standard InChI is InChI=1S/C13H20ClF3N2S/c1-4-9(14)12-10(5-2)18-19(11(12)6-3)7-8-20-13(15,16)17/h9H,4-8H2,1-3H3. The van der Waals surface area contributed by atoms with Gasteiger partial charge in [-0.2, -0.15) is 18.3 Å². The molecule has 0 bridgehead atoms. The Hall–Kier alpha value is -0.360. The summed E-state index contributed by atoms with van der Waals surface area (Å²) in [5.41, 5.74) is -1.31. The van der Waals surface area contributed by atoms with Crippen LogP contribution in [0.25, 0.3) is 0 Å². The van der Waals surface area contributed by atoms with Gasteiger partial charge in [0, 0.05) is 17.0 Å². The first kappa shape index (κ1) is 17.7. The predicted molar refractivity (Wildman–Crippen MR) is 78.4 cm³/mol. The van der Waals surface area contributed by atoms with Gasteiger partial charge in [-0.1, -0.05) is 20.8 Å². The number of nitrogens with zero attached hydrogens (tertiary/aromatic N) is 2. The van der Waals surface area contributed by atoms with Gasteiger partial charge in [0.1, 0.15) is 0 Å².